The average molecular weight is 150 g/mol. The summed E-state index contributed by atoms with van der Waals surface area (Å²) in [7, 11) is 0. The molecular formula is C7H16ClN. The zero-order valence-corrected chi connectivity index (χ0v) is 7.04. The fourth-order valence-corrected chi connectivity index (χ4v) is 0.749. The Morgan fingerprint density at radius 2 is 2.11 bits per heavy atom. The fourth-order valence-electron chi connectivity index (χ4n) is 0.640. The lowest BCUT2D eigenvalue weighted by Gasteiger charge is -2.04. The molecule has 0 aliphatic carbocycles. The van der Waals surface area contributed by atoms with Gasteiger partial charge in [0.2, 0.25) is 0 Å². The quantitative estimate of drug-likeness (QED) is 0.466. The molecule has 1 atom stereocenters. The summed E-state index contributed by atoms with van der Waals surface area (Å²) in [5.41, 5.74) is 0. The van der Waals surface area contributed by atoms with Crippen LogP contribution in [0.4, 0.5) is 0 Å². The van der Waals surface area contributed by atoms with Crippen LogP contribution in [0, 0.1) is 0 Å². The Labute approximate surface area is 62.8 Å². The molecule has 1 N–H and O–H groups in total. The Morgan fingerprint density at radius 1 is 1.44 bits per heavy atom. The Morgan fingerprint density at radius 3 is 2.56 bits per heavy atom. The molecule has 0 aromatic carbocycles. The lowest BCUT2D eigenvalue weighted by atomic mass is 10.2. The molecule has 0 aliphatic heterocycles. The first-order valence-corrected chi connectivity index (χ1v) is 4.09. The van der Waals surface area contributed by atoms with Crippen molar-refractivity contribution in [3.8, 4) is 0 Å². The Kier molecular flexibility index (Phi) is 6.55. The van der Waals surface area contributed by atoms with Crippen molar-refractivity contribution in [2.75, 3.05) is 13.1 Å². The van der Waals surface area contributed by atoms with Crippen LogP contribution in [0.5, 0.6) is 0 Å². The summed E-state index contributed by atoms with van der Waals surface area (Å²) in [4.78, 5) is 0. The molecular weight excluding hydrogens is 134 g/mol. The van der Waals surface area contributed by atoms with Gasteiger partial charge in [-0.25, -0.2) is 0 Å². The van der Waals surface area contributed by atoms with Crippen molar-refractivity contribution in [1.29, 1.82) is 0 Å². The predicted molar refractivity (Wildman–Crippen MR) is 43.1 cm³/mol. The van der Waals surface area contributed by atoms with Gasteiger partial charge in [-0.2, -0.15) is 0 Å². The molecule has 0 amide bonds. The van der Waals surface area contributed by atoms with E-state index in [0.717, 1.165) is 25.9 Å². The molecule has 0 fully saturated rings. The summed E-state index contributed by atoms with van der Waals surface area (Å²) in [6.45, 7) is 6.32. The first kappa shape index (κ1) is 9.25. The molecule has 0 heterocycles. The minimum atomic E-state index is 0.365. The van der Waals surface area contributed by atoms with E-state index in [1.54, 1.807) is 0 Å². The van der Waals surface area contributed by atoms with E-state index in [2.05, 4.69) is 19.2 Å². The van der Waals surface area contributed by atoms with Crippen LogP contribution in [-0.4, -0.2) is 18.5 Å². The largest absolute Gasteiger partial charge is 0.317 e. The van der Waals surface area contributed by atoms with Gasteiger partial charge >= 0.3 is 0 Å². The minimum absolute atomic E-state index is 0.365. The lowest BCUT2D eigenvalue weighted by molar-refractivity contribution is 0.639. The van der Waals surface area contributed by atoms with Crippen molar-refractivity contribution >= 4 is 11.6 Å². The van der Waals surface area contributed by atoms with E-state index in [1.807, 2.05) is 0 Å². The predicted octanol–water partition coefficient (Wildman–Crippen LogP) is 2.00. The van der Waals surface area contributed by atoms with E-state index in [1.165, 1.54) is 0 Å². The molecule has 1 nitrogen and oxygen atoms in total. The molecule has 0 bridgehead atoms. The summed E-state index contributed by atoms with van der Waals surface area (Å²) in [6.07, 6.45) is 2.17. The molecule has 1 unspecified atom stereocenters. The Bertz CT molecular complexity index is 56.9. The van der Waals surface area contributed by atoms with E-state index >= 15 is 0 Å². The van der Waals surface area contributed by atoms with Crippen LogP contribution in [0.1, 0.15) is 26.7 Å². The molecule has 0 aromatic heterocycles. The monoisotopic (exact) mass is 149 g/mol. The summed E-state index contributed by atoms with van der Waals surface area (Å²) < 4.78 is 0. The van der Waals surface area contributed by atoms with Crippen LogP contribution in [0.15, 0.2) is 0 Å². The number of hydrogen-bond acceptors (Lipinski definition) is 1. The Balaban J connectivity index is 2.88. The maximum absolute atomic E-state index is 5.86. The third kappa shape index (κ3) is 6.13. The van der Waals surface area contributed by atoms with Crippen molar-refractivity contribution in [3.05, 3.63) is 0 Å². The SMILES string of the molecule is CCNCCC(Cl)CC. The van der Waals surface area contributed by atoms with Gasteiger partial charge in [0, 0.05) is 5.38 Å². The zero-order valence-electron chi connectivity index (χ0n) is 6.28. The van der Waals surface area contributed by atoms with Gasteiger partial charge in [0.05, 0.1) is 0 Å². The normalized spacial score (nSPS) is 13.7. The van der Waals surface area contributed by atoms with Crippen molar-refractivity contribution in [2.45, 2.75) is 32.1 Å². The summed E-state index contributed by atoms with van der Waals surface area (Å²) in [5.74, 6) is 0. The molecule has 0 radical (unpaired) electrons. The fraction of sp³-hybridized carbons (Fsp3) is 1.00. The van der Waals surface area contributed by atoms with Crippen LogP contribution in [0.3, 0.4) is 0 Å². The second-order valence-electron chi connectivity index (χ2n) is 2.15. The Hall–Kier alpha value is 0.250. The number of halogens is 1. The number of hydrogen-bond donors (Lipinski definition) is 1. The first-order valence-electron chi connectivity index (χ1n) is 3.66. The highest BCUT2D eigenvalue weighted by Gasteiger charge is 1.97. The molecule has 0 aromatic rings. The average Bonchev–Trinajstić information content (AvgIpc) is 1.89. The van der Waals surface area contributed by atoms with E-state index in [0.29, 0.717) is 5.38 Å². The second kappa shape index (κ2) is 6.37. The molecule has 9 heavy (non-hydrogen) atoms. The third-order valence-corrected chi connectivity index (χ3v) is 1.85. The van der Waals surface area contributed by atoms with Crippen molar-refractivity contribution in [1.82, 2.24) is 5.32 Å². The highest BCUT2D eigenvalue weighted by atomic mass is 35.5. The van der Waals surface area contributed by atoms with Crippen LogP contribution in [-0.2, 0) is 0 Å². The van der Waals surface area contributed by atoms with E-state index in [9.17, 15) is 0 Å². The van der Waals surface area contributed by atoms with E-state index in [4.69, 9.17) is 11.6 Å². The molecule has 0 spiro atoms. The van der Waals surface area contributed by atoms with E-state index in [-0.39, 0.29) is 0 Å². The van der Waals surface area contributed by atoms with Crippen molar-refractivity contribution < 1.29 is 0 Å². The van der Waals surface area contributed by atoms with Gasteiger partial charge < -0.3 is 5.32 Å². The van der Waals surface area contributed by atoms with Gasteiger partial charge in [-0.3, -0.25) is 0 Å². The molecule has 56 valence electrons. The molecule has 0 saturated carbocycles. The van der Waals surface area contributed by atoms with Crippen molar-refractivity contribution in [2.24, 2.45) is 0 Å². The zero-order chi connectivity index (χ0) is 7.11. The molecule has 0 saturated heterocycles. The van der Waals surface area contributed by atoms with Gasteiger partial charge in [-0.1, -0.05) is 13.8 Å². The van der Waals surface area contributed by atoms with Crippen LogP contribution >= 0.6 is 11.6 Å². The molecule has 0 rings (SSSR count). The lowest BCUT2D eigenvalue weighted by Crippen LogP contribution is -2.17. The number of nitrogens with one attached hydrogen (secondary N) is 1. The van der Waals surface area contributed by atoms with Crippen LogP contribution < -0.4 is 5.32 Å². The summed E-state index contributed by atoms with van der Waals surface area (Å²) in [6, 6.07) is 0. The van der Waals surface area contributed by atoms with Crippen molar-refractivity contribution in [3.63, 3.8) is 0 Å². The number of rotatable bonds is 5. The third-order valence-electron chi connectivity index (χ3n) is 1.33. The van der Waals surface area contributed by atoms with E-state index < -0.39 is 0 Å². The molecule has 0 aliphatic rings. The van der Waals surface area contributed by atoms with Gasteiger partial charge in [-0.05, 0) is 25.9 Å². The van der Waals surface area contributed by atoms with Crippen LogP contribution in [0.25, 0.3) is 0 Å². The van der Waals surface area contributed by atoms with Crippen LogP contribution in [0.2, 0.25) is 0 Å². The topological polar surface area (TPSA) is 12.0 Å². The summed E-state index contributed by atoms with van der Waals surface area (Å²) in [5, 5.41) is 3.59. The first-order chi connectivity index (χ1) is 4.31. The minimum Gasteiger partial charge on any atom is -0.317 e. The summed E-state index contributed by atoms with van der Waals surface area (Å²) >= 11 is 5.86. The maximum atomic E-state index is 5.86. The van der Waals surface area contributed by atoms with Gasteiger partial charge in [0.1, 0.15) is 0 Å². The van der Waals surface area contributed by atoms with Gasteiger partial charge in [0.15, 0.2) is 0 Å². The highest BCUT2D eigenvalue weighted by Crippen LogP contribution is 2.04. The highest BCUT2D eigenvalue weighted by molar-refractivity contribution is 6.20. The molecule has 2 heteroatoms. The number of alkyl halides is 1. The van der Waals surface area contributed by atoms with Gasteiger partial charge in [0.25, 0.3) is 0 Å². The standard InChI is InChI=1S/C7H16ClN/c1-3-7(8)5-6-9-4-2/h7,9H,3-6H2,1-2H3. The van der Waals surface area contributed by atoms with Gasteiger partial charge in [-0.15, -0.1) is 11.6 Å². The smallest absolute Gasteiger partial charge is 0.0345 e. The second-order valence-corrected chi connectivity index (χ2v) is 2.76. The maximum Gasteiger partial charge on any atom is 0.0345 e.